The van der Waals surface area contributed by atoms with Gasteiger partial charge in [0.2, 0.25) is 10.0 Å². The zero-order valence-electron chi connectivity index (χ0n) is 18.6. The summed E-state index contributed by atoms with van der Waals surface area (Å²) in [6.45, 7) is 8.75. The number of hydrogen-bond donors (Lipinski definition) is 1. The third-order valence-corrected chi connectivity index (χ3v) is 6.26. The predicted octanol–water partition coefficient (Wildman–Crippen LogP) is 3.23. The summed E-state index contributed by atoms with van der Waals surface area (Å²) in [4.78, 5) is 12.9. The van der Waals surface area contributed by atoms with Crippen molar-refractivity contribution < 1.29 is 22.7 Å². The van der Waals surface area contributed by atoms with Crippen LogP contribution in [0.1, 0.15) is 38.8 Å². The van der Waals surface area contributed by atoms with Crippen molar-refractivity contribution in [3.05, 3.63) is 53.6 Å². The van der Waals surface area contributed by atoms with E-state index in [1.807, 2.05) is 43.3 Å². The van der Waals surface area contributed by atoms with E-state index in [1.54, 1.807) is 6.07 Å². The Morgan fingerprint density at radius 3 is 2.58 bits per heavy atom. The summed E-state index contributed by atoms with van der Waals surface area (Å²) in [5.74, 6) is 0.692. The van der Waals surface area contributed by atoms with Crippen molar-refractivity contribution in [2.45, 2.75) is 45.8 Å². The molecule has 1 unspecified atom stereocenters. The Kier molecular flexibility index (Phi) is 6.50. The number of nitrogens with one attached hydrogen (secondary N) is 1. The molecule has 7 nitrogen and oxygen atoms in total. The van der Waals surface area contributed by atoms with E-state index >= 15 is 0 Å². The topological polar surface area (TPSA) is 84.9 Å². The predicted molar refractivity (Wildman–Crippen MR) is 121 cm³/mol. The van der Waals surface area contributed by atoms with Gasteiger partial charge in [-0.3, -0.25) is 9.10 Å². The Hall–Kier alpha value is -2.74. The fraction of sp³-hybridized carbons (Fsp3) is 0.435. The first kappa shape index (κ1) is 22.9. The normalized spacial score (nSPS) is 16.3. The second kappa shape index (κ2) is 8.78. The second-order valence-corrected chi connectivity index (χ2v) is 10.5. The molecule has 0 aromatic heterocycles. The van der Waals surface area contributed by atoms with Crippen molar-refractivity contribution in [1.82, 2.24) is 5.32 Å². The molecule has 2 aromatic carbocycles. The van der Waals surface area contributed by atoms with Gasteiger partial charge in [0.15, 0.2) is 6.10 Å². The van der Waals surface area contributed by atoms with E-state index in [1.165, 1.54) is 4.31 Å². The standard InChI is InChI=1S/C23H30N2O5S/c1-6-29-19-10-8-7-9-16(19)14-24-22(26)21-15-25(31(5,27)28)18-13-17(23(2,3)4)11-12-20(18)30-21/h7-13,21H,6,14-15H2,1-5H3,(H,24,26). The van der Waals surface area contributed by atoms with Gasteiger partial charge < -0.3 is 14.8 Å². The van der Waals surface area contributed by atoms with Crippen LogP contribution in [0.3, 0.4) is 0 Å². The maximum absolute atomic E-state index is 12.9. The first-order valence-electron chi connectivity index (χ1n) is 10.3. The van der Waals surface area contributed by atoms with Crippen molar-refractivity contribution in [3.8, 4) is 11.5 Å². The number of amides is 1. The minimum absolute atomic E-state index is 0.0850. The van der Waals surface area contributed by atoms with Crippen LogP contribution in [0.4, 0.5) is 5.69 Å². The Labute approximate surface area is 184 Å². The lowest BCUT2D eigenvalue weighted by Crippen LogP contribution is -2.50. The summed E-state index contributed by atoms with van der Waals surface area (Å²) in [7, 11) is -3.60. The van der Waals surface area contributed by atoms with Gasteiger partial charge in [-0.15, -0.1) is 0 Å². The SMILES string of the molecule is CCOc1ccccc1CNC(=O)C1CN(S(C)(=O)=O)c2cc(C(C)(C)C)ccc2O1. The molecule has 0 fully saturated rings. The Morgan fingerprint density at radius 2 is 1.94 bits per heavy atom. The number of anilines is 1. The van der Waals surface area contributed by atoms with Gasteiger partial charge in [-0.2, -0.15) is 0 Å². The smallest absolute Gasteiger partial charge is 0.263 e. The van der Waals surface area contributed by atoms with E-state index < -0.39 is 16.1 Å². The number of sulfonamides is 1. The summed E-state index contributed by atoms with van der Waals surface area (Å²) in [5.41, 5.74) is 2.13. The maximum Gasteiger partial charge on any atom is 0.263 e. The van der Waals surface area contributed by atoms with Crippen molar-refractivity contribution in [3.63, 3.8) is 0 Å². The lowest BCUT2D eigenvalue weighted by Gasteiger charge is -2.35. The van der Waals surface area contributed by atoms with Gasteiger partial charge in [0, 0.05) is 12.1 Å². The molecule has 0 radical (unpaired) electrons. The summed E-state index contributed by atoms with van der Waals surface area (Å²) >= 11 is 0. The first-order valence-corrected chi connectivity index (χ1v) is 12.1. The molecule has 0 spiro atoms. The number of rotatable bonds is 6. The quantitative estimate of drug-likeness (QED) is 0.736. The maximum atomic E-state index is 12.9. The number of ether oxygens (including phenoxy) is 2. The van der Waals surface area contributed by atoms with E-state index in [2.05, 4.69) is 26.1 Å². The molecule has 1 heterocycles. The largest absolute Gasteiger partial charge is 0.494 e. The summed E-state index contributed by atoms with van der Waals surface area (Å²) < 4.78 is 37.7. The molecule has 168 valence electrons. The molecular weight excluding hydrogens is 416 g/mol. The van der Waals surface area contributed by atoms with Crippen molar-refractivity contribution in [2.75, 3.05) is 23.7 Å². The van der Waals surface area contributed by atoms with Crippen molar-refractivity contribution in [2.24, 2.45) is 0 Å². The highest BCUT2D eigenvalue weighted by atomic mass is 32.2. The average molecular weight is 447 g/mol. The van der Waals surface area contributed by atoms with Crippen molar-refractivity contribution in [1.29, 1.82) is 0 Å². The molecule has 0 saturated carbocycles. The first-order chi connectivity index (χ1) is 14.5. The molecule has 1 atom stereocenters. The van der Waals surface area contributed by atoms with Crippen LogP contribution >= 0.6 is 0 Å². The Bertz CT molecular complexity index is 1060. The number of benzene rings is 2. The molecular formula is C23H30N2O5S. The monoisotopic (exact) mass is 446 g/mol. The van der Waals surface area contributed by atoms with Gasteiger partial charge in [0.1, 0.15) is 11.5 Å². The summed E-state index contributed by atoms with van der Waals surface area (Å²) in [6.07, 6.45) is 0.182. The molecule has 1 N–H and O–H groups in total. The van der Waals surface area contributed by atoms with Crippen LogP contribution in [0.15, 0.2) is 42.5 Å². The highest BCUT2D eigenvalue weighted by molar-refractivity contribution is 7.92. The average Bonchev–Trinajstić information content (AvgIpc) is 2.70. The molecule has 8 heteroatoms. The number of hydrogen-bond acceptors (Lipinski definition) is 5. The van der Waals surface area contributed by atoms with E-state index in [4.69, 9.17) is 9.47 Å². The molecule has 0 saturated heterocycles. The molecule has 1 aliphatic heterocycles. The fourth-order valence-corrected chi connectivity index (χ4v) is 4.32. The lowest BCUT2D eigenvalue weighted by atomic mass is 9.86. The number of para-hydroxylation sites is 1. The summed E-state index contributed by atoms with van der Waals surface area (Å²) in [5, 5.41) is 2.84. The van der Waals surface area contributed by atoms with Gasteiger partial charge in [-0.05, 0) is 36.1 Å². The van der Waals surface area contributed by atoms with Crippen molar-refractivity contribution >= 4 is 21.6 Å². The van der Waals surface area contributed by atoms with Crippen LogP contribution in [0.5, 0.6) is 11.5 Å². The molecule has 2 aromatic rings. The van der Waals surface area contributed by atoms with E-state index in [0.717, 1.165) is 17.4 Å². The second-order valence-electron chi connectivity index (χ2n) is 8.59. The van der Waals surface area contributed by atoms with E-state index in [0.29, 0.717) is 23.8 Å². The summed E-state index contributed by atoms with van der Waals surface area (Å²) in [6, 6.07) is 12.9. The van der Waals surface area contributed by atoms with Crippen LogP contribution in [-0.4, -0.2) is 39.8 Å². The van der Waals surface area contributed by atoms with Crippen LogP contribution in [0.25, 0.3) is 0 Å². The van der Waals surface area contributed by atoms with Crippen LogP contribution in [0.2, 0.25) is 0 Å². The van der Waals surface area contributed by atoms with E-state index in [9.17, 15) is 13.2 Å². The number of nitrogens with zero attached hydrogens (tertiary/aromatic N) is 1. The third-order valence-electron chi connectivity index (χ3n) is 5.11. The van der Waals surface area contributed by atoms with Crippen LogP contribution < -0.4 is 19.1 Å². The zero-order valence-corrected chi connectivity index (χ0v) is 19.5. The fourth-order valence-electron chi connectivity index (χ4n) is 3.41. The molecule has 31 heavy (non-hydrogen) atoms. The molecule has 1 amide bonds. The van der Waals surface area contributed by atoms with Gasteiger partial charge in [-0.25, -0.2) is 8.42 Å². The van der Waals surface area contributed by atoms with Gasteiger partial charge in [-0.1, -0.05) is 45.0 Å². The third kappa shape index (κ3) is 5.31. The Balaban J connectivity index is 1.82. The number of carbonyl (C=O) groups is 1. The highest BCUT2D eigenvalue weighted by Gasteiger charge is 2.35. The van der Waals surface area contributed by atoms with Gasteiger partial charge in [0.05, 0.1) is 25.1 Å². The Morgan fingerprint density at radius 1 is 1.23 bits per heavy atom. The number of carbonyl (C=O) groups excluding carboxylic acids is 1. The van der Waals surface area contributed by atoms with E-state index in [-0.39, 0.29) is 24.4 Å². The van der Waals surface area contributed by atoms with Crippen LogP contribution in [0, 0.1) is 0 Å². The molecule has 0 bridgehead atoms. The zero-order chi connectivity index (χ0) is 22.8. The number of fused-ring (bicyclic) bond motifs is 1. The van der Waals surface area contributed by atoms with Gasteiger partial charge in [0.25, 0.3) is 5.91 Å². The molecule has 3 rings (SSSR count). The molecule has 1 aliphatic rings. The van der Waals surface area contributed by atoms with Gasteiger partial charge >= 0.3 is 0 Å². The molecule has 0 aliphatic carbocycles. The highest BCUT2D eigenvalue weighted by Crippen LogP contribution is 2.38. The minimum Gasteiger partial charge on any atom is -0.494 e. The lowest BCUT2D eigenvalue weighted by molar-refractivity contribution is -0.127. The van der Waals surface area contributed by atoms with Crippen LogP contribution in [-0.2, 0) is 26.8 Å². The minimum atomic E-state index is -3.60.